The number of aromatic nitrogens is 5. The maximum atomic E-state index is 12.9. The summed E-state index contributed by atoms with van der Waals surface area (Å²) in [5, 5.41) is 10.8. The lowest BCUT2D eigenvalue weighted by atomic mass is 9.93. The quantitative estimate of drug-likeness (QED) is 0.702. The predicted molar refractivity (Wildman–Crippen MR) is 99.3 cm³/mol. The van der Waals surface area contributed by atoms with Crippen LogP contribution in [0.5, 0.6) is 5.88 Å². The number of carbonyl (C=O) groups excluding carboxylic acids is 1. The van der Waals surface area contributed by atoms with Crippen LogP contribution < -0.4 is 10.1 Å². The van der Waals surface area contributed by atoms with Crippen LogP contribution in [-0.2, 0) is 19.6 Å². The zero-order valence-electron chi connectivity index (χ0n) is 16.3. The second kappa shape index (κ2) is 7.47. The third-order valence-corrected chi connectivity index (χ3v) is 5.01. The molecule has 0 aliphatic heterocycles. The molecule has 0 fully saturated rings. The summed E-state index contributed by atoms with van der Waals surface area (Å²) in [6.45, 7) is 0. The normalized spacial score (nSPS) is 16.2. The number of fused-ring (bicyclic) bond motifs is 1. The Morgan fingerprint density at radius 2 is 2.10 bits per heavy atom. The molecule has 1 atom stereocenters. The van der Waals surface area contributed by atoms with Gasteiger partial charge in [-0.05, 0) is 25.3 Å². The Morgan fingerprint density at radius 3 is 2.80 bits per heavy atom. The molecule has 0 radical (unpaired) electrons. The minimum absolute atomic E-state index is 0.152. The Kier molecular flexibility index (Phi) is 4.96. The van der Waals surface area contributed by atoms with E-state index in [0.717, 1.165) is 40.5 Å². The van der Waals surface area contributed by atoms with Gasteiger partial charge in [0.1, 0.15) is 5.69 Å². The van der Waals surface area contributed by atoms with Crippen LogP contribution in [0.2, 0.25) is 0 Å². The molecule has 1 amide bonds. The van der Waals surface area contributed by atoms with Crippen molar-refractivity contribution >= 4 is 5.91 Å². The molecule has 1 aliphatic rings. The van der Waals surface area contributed by atoms with Crippen LogP contribution in [0.3, 0.4) is 0 Å². The zero-order chi connectivity index (χ0) is 21.5. The standard InChI is InChI=1S/C19H19F3N6O2/c1-27-15(9-16(26-27)19(20,21)22)18(29)24-13-4-3-5-14-12(13)10-28(25-14)11-6-7-23-17(8-11)30-2/h6-10,13H,3-5H2,1-2H3,(H,24,29). The van der Waals surface area contributed by atoms with E-state index >= 15 is 0 Å². The Bertz CT molecular complexity index is 1090. The lowest BCUT2D eigenvalue weighted by Gasteiger charge is -2.22. The molecule has 158 valence electrons. The van der Waals surface area contributed by atoms with Gasteiger partial charge < -0.3 is 10.1 Å². The lowest BCUT2D eigenvalue weighted by Crippen LogP contribution is -2.31. The molecular formula is C19H19F3N6O2. The van der Waals surface area contributed by atoms with E-state index in [1.54, 1.807) is 23.0 Å². The van der Waals surface area contributed by atoms with Crippen molar-refractivity contribution in [2.24, 2.45) is 7.05 Å². The number of rotatable bonds is 4. The van der Waals surface area contributed by atoms with Gasteiger partial charge >= 0.3 is 6.18 Å². The minimum Gasteiger partial charge on any atom is -0.481 e. The highest BCUT2D eigenvalue weighted by Crippen LogP contribution is 2.31. The molecule has 1 aliphatic carbocycles. The number of ether oxygens (including phenoxy) is 1. The van der Waals surface area contributed by atoms with Gasteiger partial charge in [-0.2, -0.15) is 23.4 Å². The highest BCUT2D eigenvalue weighted by Gasteiger charge is 2.36. The molecular weight excluding hydrogens is 401 g/mol. The number of alkyl halides is 3. The number of hydrogen-bond donors (Lipinski definition) is 1. The summed E-state index contributed by atoms with van der Waals surface area (Å²) < 4.78 is 46.4. The van der Waals surface area contributed by atoms with Gasteiger partial charge in [-0.25, -0.2) is 9.67 Å². The Morgan fingerprint density at radius 1 is 1.30 bits per heavy atom. The third-order valence-electron chi connectivity index (χ3n) is 5.01. The average molecular weight is 420 g/mol. The Hall–Kier alpha value is -3.37. The molecule has 0 bridgehead atoms. The van der Waals surface area contributed by atoms with Crippen LogP contribution in [0.25, 0.3) is 5.69 Å². The molecule has 8 nitrogen and oxygen atoms in total. The maximum absolute atomic E-state index is 12.9. The molecule has 30 heavy (non-hydrogen) atoms. The topological polar surface area (TPSA) is 86.9 Å². The summed E-state index contributed by atoms with van der Waals surface area (Å²) in [5.74, 6) is -0.167. The van der Waals surface area contributed by atoms with Crippen LogP contribution in [0.4, 0.5) is 13.2 Å². The smallest absolute Gasteiger partial charge is 0.435 e. The fourth-order valence-electron chi connectivity index (χ4n) is 3.52. The molecule has 0 spiro atoms. The first-order valence-electron chi connectivity index (χ1n) is 9.27. The molecule has 1 N–H and O–H groups in total. The van der Waals surface area contributed by atoms with E-state index in [1.165, 1.54) is 14.2 Å². The van der Waals surface area contributed by atoms with Crippen LogP contribution in [-0.4, -0.2) is 37.6 Å². The van der Waals surface area contributed by atoms with E-state index in [1.807, 2.05) is 6.20 Å². The van der Waals surface area contributed by atoms with Crippen molar-refractivity contribution in [3.63, 3.8) is 0 Å². The summed E-state index contributed by atoms with van der Waals surface area (Å²) in [4.78, 5) is 16.7. The number of halogens is 3. The van der Waals surface area contributed by atoms with Crippen LogP contribution in [0, 0.1) is 0 Å². The largest absolute Gasteiger partial charge is 0.481 e. The summed E-state index contributed by atoms with van der Waals surface area (Å²) in [7, 11) is 2.83. The van der Waals surface area contributed by atoms with Gasteiger partial charge in [-0.15, -0.1) is 0 Å². The van der Waals surface area contributed by atoms with Crippen LogP contribution in [0.1, 0.15) is 46.3 Å². The van der Waals surface area contributed by atoms with Gasteiger partial charge in [-0.1, -0.05) is 0 Å². The van der Waals surface area contributed by atoms with E-state index < -0.39 is 17.8 Å². The van der Waals surface area contributed by atoms with Crippen molar-refractivity contribution < 1.29 is 22.7 Å². The maximum Gasteiger partial charge on any atom is 0.435 e. The lowest BCUT2D eigenvalue weighted by molar-refractivity contribution is -0.141. The van der Waals surface area contributed by atoms with E-state index in [2.05, 4.69) is 20.5 Å². The van der Waals surface area contributed by atoms with Crippen molar-refractivity contribution in [2.75, 3.05) is 7.11 Å². The SMILES string of the molecule is COc1cc(-n2cc3c(n2)CCCC3NC(=O)c2cc(C(F)(F)F)nn2C)ccn1. The predicted octanol–water partition coefficient (Wildman–Crippen LogP) is 2.84. The number of nitrogens with one attached hydrogen (secondary N) is 1. The summed E-state index contributed by atoms with van der Waals surface area (Å²) in [6, 6.07) is 3.91. The van der Waals surface area contributed by atoms with Gasteiger partial charge in [-0.3, -0.25) is 9.48 Å². The van der Waals surface area contributed by atoms with E-state index in [-0.39, 0.29) is 11.7 Å². The molecule has 3 aromatic rings. The van der Waals surface area contributed by atoms with Gasteiger partial charge in [0.25, 0.3) is 5.91 Å². The van der Waals surface area contributed by atoms with Gasteiger partial charge in [0.05, 0.1) is 24.5 Å². The number of pyridine rings is 1. The number of nitrogens with zero attached hydrogens (tertiary/aromatic N) is 5. The van der Waals surface area contributed by atoms with Gasteiger partial charge in [0.15, 0.2) is 5.69 Å². The number of carbonyl (C=O) groups is 1. The van der Waals surface area contributed by atoms with E-state index in [9.17, 15) is 18.0 Å². The second-order valence-electron chi connectivity index (χ2n) is 6.99. The molecule has 0 saturated carbocycles. The van der Waals surface area contributed by atoms with Crippen LogP contribution >= 0.6 is 0 Å². The molecule has 0 aromatic carbocycles. The number of aryl methyl sites for hydroxylation is 2. The van der Waals surface area contributed by atoms with Crippen molar-refractivity contribution in [3.05, 3.63) is 53.2 Å². The number of amides is 1. The van der Waals surface area contributed by atoms with Crippen molar-refractivity contribution in [2.45, 2.75) is 31.5 Å². The summed E-state index contributed by atoms with van der Waals surface area (Å²) in [5.41, 5.74) is 1.18. The van der Waals surface area contributed by atoms with Crippen LogP contribution in [0.15, 0.2) is 30.6 Å². The number of hydrogen-bond acceptors (Lipinski definition) is 5. The van der Waals surface area contributed by atoms with E-state index in [4.69, 9.17) is 4.74 Å². The Balaban J connectivity index is 1.59. The molecule has 1 unspecified atom stereocenters. The molecule has 11 heteroatoms. The van der Waals surface area contributed by atoms with E-state index in [0.29, 0.717) is 12.3 Å². The second-order valence-corrected chi connectivity index (χ2v) is 6.99. The summed E-state index contributed by atoms with van der Waals surface area (Å²) >= 11 is 0. The van der Waals surface area contributed by atoms with Gasteiger partial charge in [0, 0.05) is 37.1 Å². The first-order valence-corrected chi connectivity index (χ1v) is 9.27. The highest BCUT2D eigenvalue weighted by atomic mass is 19.4. The molecule has 0 saturated heterocycles. The zero-order valence-corrected chi connectivity index (χ0v) is 16.3. The summed E-state index contributed by atoms with van der Waals surface area (Å²) in [6.07, 6.45) is 1.02. The first-order chi connectivity index (χ1) is 14.3. The first kappa shape index (κ1) is 19.9. The number of methoxy groups -OCH3 is 1. The highest BCUT2D eigenvalue weighted by molar-refractivity contribution is 5.93. The third kappa shape index (κ3) is 3.74. The monoisotopic (exact) mass is 420 g/mol. The van der Waals surface area contributed by atoms with Crippen molar-refractivity contribution in [1.82, 2.24) is 29.9 Å². The Labute approximate surface area is 169 Å². The molecule has 3 heterocycles. The average Bonchev–Trinajstić information content (AvgIpc) is 3.32. The fourth-order valence-corrected chi connectivity index (χ4v) is 3.52. The fraction of sp³-hybridized carbons (Fsp3) is 0.368. The van der Waals surface area contributed by atoms with Crippen molar-refractivity contribution in [1.29, 1.82) is 0 Å². The van der Waals surface area contributed by atoms with Crippen molar-refractivity contribution in [3.8, 4) is 11.6 Å². The minimum atomic E-state index is -4.61. The van der Waals surface area contributed by atoms with Gasteiger partial charge in [0.2, 0.25) is 5.88 Å². The molecule has 4 rings (SSSR count). The molecule has 3 aromatic heterocycles.